The van der Waals surface area contributed by atoms with Crippen molar-refractivity contribution in [2.75, 3.05) is 18.6 Å². The van der Waals surface area contributed by atoms with E-state index in [4.69, 9.17) is 22.1 Å². The summed E-state index contributed by atoms with van der Waals surface area (Å²) in [5.41, 5.74) is 5.19. The lowest BCUT2D eigenvalue weighted by molar-refractivity contribution is -0.123. The van der Waals surface area contributed by atoms with Crippen LogP contribution in [-0.2, 0) is 9.59 Å². The number of halogens is 1. The highest BCUT2D eigenvalue weighted by Gasteiger charge is 2.36. The number of hydrogen-bond donors (Lipinski definition) is 1. The molecule has 1 atom stereocenters. The minimum atomic E-state index is -0.518. The van der Waals surface area contributed by atoms with Gasteiger partial charge in [0.15, 0.2) is 11.6 Å². The summed E-state index contributed by atoms with van der Waals surface area (Å²) in [6.07, 6.45) is 1.44. The van der Waals surface area contributed by atoms with E-state index in [-0.39, 0.29) is 30.0 Å². The van der Waals surface area contributed by atoms with Gasteiger partial charge in [0.1, 0.15) is 0 Å². The lowest BCUT2D eigenvalue weighted by Gasteiger charge is -2.17. The molecule has 0 radical (unpaired) electrons. The van der Waals surface area contributed by atoms with Gasteiger partial charge in [-0.1, -0.05) is 0 Å². The molecule has 0 aromatic carbocycles. The van der Waals surface area contributed by atoms with Crippen molar-refractivity contribution in [2.24, 2.45) is 11.7 Å². The predicted octanol–water partition coefficient (Wildman–Crippen LogP) is -0.0232. The molecule has 2 amide bonds. The number of aromatic nitrogens is 2. The second-order valence-electron chi connectivity index (χ2n) is 3.84. The van der Waals surface area contributed by atoms with Crippen molar-refractivity contribution in [1.29, 1.82) is 0 Å². The highest BCUT2D eigenvalue weighted by Crippen LogP contribution is 2.31. The molecule has 7 nitrogen and oxygen atoms in total. The fourth-order valence-corrected chi connectivity index (χ4v) is 1.91. The quantitative estimate of drug-likeness (QED) is 0.778. The maximum atomic E-state index is 11.8. The summed E-state index contributed by atoms with van der Waals surface area (Å²) in [6.45, 7) is 0.178. The van der Waals surface area contributed by atoms with Crippen LogP contribution < -0.4 is 15.4 Å². The smallest absolute Gasteiger partial charge is 0.229 e. The third-order valence-electron chi connectivity index (χ3n) is 2.71. The molecule has 0 bridgehead atoms. The van der Waals surface area contributed by atoms with Gasteiger partial charge in [-0.05, 0) is 11.6 Å². The molecule has 96 valence electrons. The molecular formula is C10H11ClN4O3. The Hall–Kier alpha value is -1.89. The molecule has 0 aliphatic carbocycles. The van der Waals surface area contributed by atoms with Gasteiger partial charge in [0.2, 0.25) is 17.1 Å². The Bertz CT molecular complexity index is 508. The fraction of sp³-hybridized carbons (Fsp3) is 0.400. The van der Waals surface area contributed by atoms with Crippen LogP contribution in [0.25, 0.3) is 0 Å². The molecule has 2 heterocycles. The Kier molecular flexibility index (Phi) is 3.33. The summed E-state index contributed by atoms with van der Waals surface area (Å²) in [5.74, 6) is -0.697. The van der Waals surface area contributed by atoms with Crippen LogP contribution in [0.5, 0.6) is 5.75 Å². The van der Waals surface area contributed by atoms with Gasteiger partial charge in [0, 0.05) is 13.0 Å². The van der Waals surface area contributed by atoms with Gasteiger partial charge in [-0.2, -0.15) is 4.98 Å². The highest BCUT2D eigenvalue weighted by molar-refractivity contribution is 6.28. The zero-order valence-corrected chi connectivity index (χ0v) is 10.3. The second kappa shape index (κ2) is 4.77. The Balaban J connectivity index is 2.34. The summed E-state index contributed by atoms with van der Waals surface area (Å²) in [4.78, 5) is 32.0. The Morgan fingerprint density at radius 1 is 1.67 bits per heavy atom. The minimum Gasteiger partial charge on any atom is -0.491 e. The summed E-state index contributed by atoms with van der Waals surface area (Å²) < 4.78 is 5.06. The number of nitrogens with zero attached hydrogens (tertiary/aromatic N) is 3. The summed E-state index contributed by atoms with van der Waals surface area (Å²) in [5, 5.41) is 0.00104. The molecule has 1 aromatic rings. The van der Waals surface area contributed by atoms with Crippen molar-refractivity contribution < 1.29 is 14.3 Å². The molecule has 1 fully saturated rings. The van der Waals surface area contributed by atoms with E-state index in [0.29, 0.717) is 5.75 Å². The first kappa shape index (κ1) is 12.6. The first-order chi connectivity index (χ1) is 8.52. The normalized spacial score (nSPS) is 19.1. The summed E-state index contributed by atoms with van der Waals surface area (Å²) in [7, 11) is 1.43. The second-order valence-corrected chi connectivity index (χ2v) is 4.18. The number of rotatable bonds is 3. The summed E-state index contributed by atoms with van der Waals surface area (Å²) in [6, 6.07) is 0. The van der Waals surface area contributed by atoms with Gasteiger partial charge in [0.25, 0.3) is 0 Å². The average molecular weight is 271 g/mol. The minimum absolute atomic E-state index is 0.00104. The van der Waals surface area contributed by atoms with Crippen LogP contribution in [0.1, 0.15) is 6.42 Å². The van der Waals surface area contributed by atoms with Crippen molar-refractivity contribution in [3.05, 3.63) is 11.5 Å². The van der Waals surface area contributed by atoms with Crippen LogP contribution in [0.2, 0.25) is 5.28 Å². The Morgan fingerprint density at radius 2 is 2.39 bits per heavy atom. The van der Waals surface area contributed by atoms with Crippen molar-refractivity contribution >= 4 is 29.2 Å². The fourth-order valence-electron chi connectivity index (χ4n) is 1.78. The van der Waals surface area contributed by atoms with E-state index in [0.717, 1.165) is 0 Å². The van der Waals surface area contributed by atoms with Crippen molar-refractivity contribution in [1.82, 2.24) is 9.97 Å². The first-order valence-corrected chi connectivity index (χ1v) is 5.57. The number of hydrogen-bond acceptors (Lipinski definition) is 5. The van der Waals surface area contributed by atoms with E-state index in [9.17, 15) is 9.59 Å². The Labute approximate surface area is 108 Å². The number of ether oxygens (including phenoxy) is 1. The molecule has 1 unspecified atom stereocenters. The largest absolute Gasteiger partial charge is 0.491 e. The number of carbonyl (C=O) groups is 2. The molecule has 8 heteroatoms. The van der Waals surface area contributed by atoms with Crippen LogP contribution in [-0.4, -0.2) is 35.4 Å². The standard InChI is InChI=1S/C10H11ClN4O3/c1-18-6-3-13-10(11)14-9(6)15-4-5(8(12)17)2-7(15)16/h3,5H,2,4H2,1H3,(H2,12,17). The van der Waals surface area contributed by atoms with E-state index in [1.807, 2.05) is 0 Å². The molecule has 0 saturated carbocycles. The van der Waals surface area contributed by atoms with Crippen LogP contribution in [0, 0.1) is 5.92 Å². The molecule has 1 aliphatic rings. The van der Waals surface area contributed by atoms with E-state index >= 15 is 0 Å². The van der Waals surface area contributed by atoms with E-state index in [1.165, 1.54) is 18.2 Å². The van der Waals surface area contributed by atoms with Gasteiger partial charge < -0.3 is 10.5 Å². The van der Waals surface area contributed by atoms with E-state index < -0.39 is 11.8 Å². The van der Waals surface area contributed by atoms with Gasteiger partial charge in [-0.15, -0.1) is 0 Å². The number of anilines is 1. The molecule has 2 N–H and O–H groups in total. The third kappa shape index (κ3) is 2.21. The van der Waals surface area contributed by atoms with Crippen molar-refractivity contribution in [2.45, 2.75) is 6.42 Å². The maximum Gasteiger partial charge on any atom is 0.229 e. The SMILES string of the molecule is COc1cnc(Cl)nc1N1CC(C(N)=O)CC1=O. The number of methoxy groups -OCH3 is 1. The number of amides is 2. The number of nitrogens with two attached hydrogens (primary N) is 1. The number of carbonyl (C=O) groups excluding carboxylic acids is 2. The molecule has 2 rings (SSSR count). The predicted molar refractivity (Wildman–Crippen MR) is 63.2 cm³/mol. The maximum absolute atomic E-state index is 11.8. The third-order valence-corrected chi connectivity index (χ3v) is 2.89. The lowest BCUT2D eigenvalue weighted by atomic mass is 10.1. The van der Waals surface area contributed by atoms with E-state index in [2.05, 4.69) is 9.97 Å². The molecule has 1 saturated heterocycles. The van der Waals surface area contributed by atoms with Crippen LogP contribution >= 0.6 is 11.6 Å². The number of primary amides is 1. The molecule has 0 spiro atoms. The monoisotopic (exact) mass is 270 g/mol. The zero-order chi connectivity index (χ0) is 13.3. The lowest BCUT2D eigenvalue weighted by Crippen LogP contribution is -2.29. The molecule has 18 heavy (non-hydrogen) atoms. The molecule has 1 aromatic heterocycles. The molecular weight excluding hydrogens is 260 g/mol. The Morgan fingerprint density at radius 3 is 2.94 bits per heavy atom. The highest BCUT2D eigenvalue weighted by atomic mass is 35.5. The van der Waals surface area contributed by atoms with Crippen molar-refractivity contribution in [3.8, 4) is 5.75 Å². The first-order valence-electron chi connectivity index (χ1n) is 5.19. The van der Waals surface area contributed by atoms with Gasteiger partial charge in [-0.3, -0.25) is 14.5 Å². The van der Waals surface area contributed by atoms with Gasteiger partial charge in [-0.25, -0.2) is 4.98 Å². The zero-order valence-electron chi connectivity index (χ0n) is 9.59. The van der Waals surface area contributed by atoms with E-state index in [1.54, 1.807) is 0 Å². The average Bonchev–Trinajstić information content (AvgIpc) is 2.71. The summed E-state index contributed by atoms with van der Waals surface area (Å²) >= 11 is 5.69. The van der Waals surface area contributed by atoms with Crippen LogP contribution in [0.4, 0.5) is 5.82 Å². The molecule has 1 aliphatic heterocycles. The van der Waals surface area contributed by atoms with Crippen molar-refractivity contribution in [3.63, 3.8) is 0 Å². The van der Waals surface area contributed by atoms with Crippen LogP contribution in [0.3, 0.4) is 0 Å². The topological polar surface area (TPSA) is 98.4 Å². The van der Waals surface area contributed by atoms with Gasteiger partial charge >= 0.3 is 0 Å². The van der Waals surface area contributed by atoms with Gasteiger partial charge in [0.05, 0.1) is 19.2 Å². The van der Waals surface area contributed by atoms with Crippen LogP contribution in [0.15, 0.2) is 6.20 Å².